The van der Waals surface area contributed by atoms with Gasteiger partial charge in [0.2, 0.25) is 5.88 Å². The average Bonchev–Trinajstić information content (AvgIpc) is 3.11. The molecule has 4 rings (SSSR count). The summed E-state index contributed by atoms with van der Waals surface area (Å²) in [6.45, 7) is 3.80. The van der Waals surface area contributed by atoms with Crippen molar-refractivity contribution in [2.24, 2.45) is 0 Å². The summed E-state index contributed by atoms with van der Waals surface area (Å²) >= 11 is 5.89. The standard InChI is InChI=1S/C20H15ClN4O2/c1-11-12(2)23-18-9-14(5-8-16(18)22-11)20(26)24-19-10-17(25-27-19)13-3-6-15(21)7-4-13/h3-10H,1-2H3,(H,24,26). The van der Waals surface area contributed by atoms with Crippen molar-refractivity contribution in [2.75, 3.05) is 5.32 Å². The molecular weight excluding hydrogens is 364 g/mol. The Morgan fingerprint density at radius 3 is 2.41 bits per heavy atom. The number of nitrogens with zero attached hydrogens (tertiary/aromatic N) is 3. The van der Waals surface area contributed by atoms with E-state index in [4.69, 9.17) is 16.1 Å². The monoisotopic (exact) mass is 378 g/mol. The second-order valence-corrected chi connectivity index (χ2v) is 6.57. The van der Waals surface area contributed by atoms with E-state index in [0.29, 0.717) is 21.8 Å². The van der Waals surface area contributed by atoms with Crippen molar-refractivity contribution in [3.05, 3.63) is 70.5 Å². The third kappa shape index (κ3) is 3.52. The van der Waals surface area contributed by atoms with E-state index < -0.39 is 0 Å². The molecule has 0 saturated carbocycles. The summed E-state index contributed by atoms with van der Waals surface area (Å²) < 4.78 is 5.22. The summed E-state index contributed by atoms with van der Waals surface area (Å²) in [4.78, 5) is 21.5. The Bertz CT molecular complexity index is 1150. The quantitative estimate of drug-likeness (QED) is 0.553. The topological polar surface area (TPSA) is 80.9 Å². The van der Waals surface area contributed by atoms with E-state index in [9.17, 15) is 4.79 Å². The molecule has 0 unspecified atom stereocenters. The number of benzene rings is 2. The Balaban J connectivity index is 1.56. The summed E-state index contributed by atoms with van der Waals surface area (Å²) in [7, 11) is 0. The first-order chi connectivity index (χ1) is 13.0. The molecule has 7 heteroatoms. The van der Waals surface area contributed by atoms with Gasteiger partial charge in [-0.2, -0.15) is 0 Å². The summed E-state index contributed by atoms with van der Waals surface area (Å²) in [5.74, 6) is -0.0491. The number of halogens is 1. The fraction of sp³-hybridized carbons (Fsp3) is 0.100. The van der Waals surface area contributed by atoms with Crippen LogP contribution in [0.1, 0.15) is 21.7 Å². The molecule has 0 aliphatic carbocycles. The van der Waals surface area contributed by atoms with Crippen LogP contribution in [0.15, 0.2) is 53.1 Å². The van der Waals surface area contributed by atoms with Gasteiger partial charge in [-0.3, -0.25) is 10.1 Å². The molecule has 4 aromatic rings. The van der Waals surface area contributed by atoms with Crippen LogP contribution in [-0.2, 0) is 0 Å². The molecule has 1 amide bonds. The number of carbonyl (C=O) groups is 1. The Morgan fingerprint density at radius 2 is 1.67 bits per heavy atom. The van der Waals surface area contributed by atoms with Crippen molar-refractivity contribution in [3.63, 3.8) is 0 Å². The van der Waals surface area contributed by atoms with Gasteiger partial charge in [0.1, 0.15) is 5.69 Å². The number of fused-ring (bicyclic) bond motifs is 1. The molecule has 0 spiro atoms. The van der Waals surface area contributed by atoms with Gasteiger partial charge >= 0.3 is 0 Å². The van der Waals surface area contributed by atoms with Gasteiger partial charge in [-0.1, -0.05) is 28.9 Å². The molecule has 2 aromatic heterocycles. The van der Waals surface area contributed by atoms with Gasteiger partial charge in [0, 0.05) is 22.2 Å². The first-order valence-corrected chi connectivity index (χ1v) is 8.66. The highest BCUT2D eigenvalue weighted by Crippen LogP contribution is 2.24. The molecule has 0 aliphatic rings. The SMILES string of the molecule is Cc1nc2ccc(C(=O)Nc3cc(-c4ccc(Cl)cc4)no3)cc2nc1C. The van der Waals surface area contributed by atoms with Gasteiger partial charge in [0.25, 0.3) is 5.91 Å². The minimum atomic E-state index is -0.310. The normalized spacial score (nSPS) is 10.9. The fourth-order valence-corrected chi connectivity index (χ4v) is 2.77. The molecule has 0 bridgehead atoms. The first-order valence-electron chi connectivity index (χ1n) is 8.28. The van der Waals surface area contributed by atoms with Crippen LogP contribution in [0, 0.1) is 13.8 Å². The van der Waals surface area contributed by atoms with E-state index in [0.717, 1.165) is 22.5 Å². The highest BCUT2D eigenvalue weighted by molar-refractivity contribution is 6.30. The molecular formula is C20H15ClN4O2. The molecule has 27 heavy (non-hydrogen) atoms. The zero-order valence-electron chi connectivity index (χ0n) is 14.7. The number of hydrogen-bond donors (Lipinski definition) is 1. The maximum atomic E-state index is 12.5. The minimum Gasteiger partial charge on any atom is -0.338 e. The second kappa shape index (κ2) is 6.81. The molecule has 2 aromatic carbocycles. The van der Waals surface area contributed by atoms with Crippen molar-refractivity contribution in [1.82, 2.24) is 15.1 Å². The van der Waals surface area contributed by atoms with Crippen molar-refractivity contribution in [3.8, 4) is 11.3 Å². The van der Waals surface area contributed by atoms with Gasteiger partial charge in [0.05, 0.1) is 22.4 Å². The zero-order valence-corrected chi connectivity index (χ0v) is 15.4. The van der Waals surface area contributed by atoms with Crippen LogP contribution in [0.5, 0.6) is 0 Å². The average molecular weight is 379 g/mol. The van der Waals surface area contributed by atoms with Crippen LogP contribution < -0.4 is 5.32 Å². The van der Waals surface area contributed by atoms with E-state index in [1.54, 1.807) is 36.4 Å². The third-order valence-electron chi connectivity index (χ3n) is 4.22. The van der Waals surface area contributed by atoms with Gasteiger partial charge in [-0.15, -0.1) is 0 Å². The van der Waals surface area contributed by atoms with Crippen LogP contribution >= 0.6 is 11.6 Å². The summed E-state index contributed by atoms with van der Waals surface area (Å²) in [6.07, 6.45) is 0. The summed E-state index contributed by atoms with van der Waals surface area (Å²) in [5.41, 5.74) is 5.04. The van der Waals surface area contributed by atoms with Crippen LogP contribution in [0.25, 0.3) is 22.3 Å². The van der Waals surface area contributed by atoms with Crippen LogP contribution in [0.2, 0.25) is 5.02 Å². The number of anilines is 1. The number of aromatic nitrogens is 3. The Morgan fingerprint density at radius 1 is 0.963 bits per heavy atom. The number of nitrogens with one attached hydrogen (secondary N) is 1. The molecule has 2 heterocycles. The number of carbonyl (C=O) groups excluding carboxylic acids is 1. The molecule has 0 atom stereocenters. The number of hydrogen-bond acceptors (Lipinski definition) is 5. The van der Waals surface area contributed by atoms with Gasteiger partial charge in [-0.25, -0.2) is 9.97 Å². The Kier molecular flexibility index (Phi) is 4.33. The molecule has 1 N–H and O–H groups in total. The van der Waals surface area contributed by atoms with Crippen molar-refractivity contribution >= 4 is 34.4 Å². The molecule has 0 radical (unpaired) electrons. The second-order valence-electron chi connectivity index (χ2n) is 6.14. The largest absolute Gasteiger partial charge is 0.338 e. The van der Waals surface area contributed by atoms with Crippen molar-refractivity contribution < 1.29 is 9.32 Å². The van der Waals surface area contributed by atoms with E-state index >= 15 is 0 Å². The highest BCUT2D eigenvalue weighted by Gasteiger charge is 2.13. The van der Waals surface area contributed by atoms with E-state index in [1.165, 1.54) is 0 Å². The van der Waals surface area contributed by atoms with Gasteiger partial charge in [0.15, 0.2) is 0 Å². The van der Waals surface area contributed by atoms with Crippen LogP contribution in [0.3, 0.4) is 0 Å². The maximum absolute atomic E-state index is 12.5. The Labute approximate surface area is 160 Å². The lowest BCUT2D eigenvalue weighted by atomic mass is 10.1. The van der Waals surface area contributed by atoms with E-state index in [2.05, 4.69) is 20.4 Å². The molecule has 0 aliphatic heterocycles. The number of amides is 1. The first kappa shape index (κ1) is 17.2. The van der Waals surface area contributed by atoms with E-state index in [1.807, 2.05) is 26.0 Å². The lowest BCUT2D eigenvalue weighted by molar-refractivity contribution is 0.102. The summed E-state index contributed by atoms with van der Waals surface area (Å²) in [6, 6.07) is 14.1. The number of aryl methyl sites for hydroxylation is 2. The predicted octanol–water partition coefficient (Wildman–Crippen LogP) is 4.81. The fourth-order valence-electron chi connectivity index (χ4n) is 2.65. The van der Waals surface area contributed by atoms with Crippen LogP contribution in [-0.4, -0.2) is 21.0 Å². The smallest absolute Gasteiger partial charge is 0.258 e. The molecule has 6 nitrogen and oxygen atoms in total. The highest BCUT2D eigenvalue weighted by atomic mass is 35.5. The van der Waals surface area contributed by atoms with Crippen LogP contribution in [0.4, 0.5) is 5.88 Å². The molecule has 134 valence electrons. The van der Waals surface area contributed by atoms with Gasteiger partial charge in [-0.05, 0) is 44.2 Å². The predicted molar refractivity (Wildman–Crippen MR) is 104 cm³/mol. The Hall–Kier alpha value is -3.25. The minimum absolute atomic E-state index is 0.260. The zero-order chi connectivity index (χ0) is 19.0. The number of rotatable bonds is 3. The lowest BCUT2D eigenvalue weighted by Crippen LogP contribution is -2.11. The van der Waals surface area contributed by atoms with E-state index in [-0.39, 0.29) is 11.8 Å². The third-order valence-corrected chi connectivity index (χ3v) is 4.48. The molecule has 0 saturated heterocycles. The summed E-state index contributed by atoms with van der Waals surface area (Å²) in [5, 5.41) is 7.33. The maximum Gasteiger partial charge on any atom is 0.258 e. The molecule has 0 fully saturated rings. The van der Waals surface area contributed by atoms with Crippen molar-refractivity contribution in [1.29, 1.82) is 0 Å². The van der Waals surface area contributed by atoms with Crippen molar-refractivity contribution in [2.45, 2.75) is 13.8 Å². The lowest BCUT2D eigenvalue weighted by Gasteiger charge is -2.05. The van der Waals surface area contributed by atoms with Gasteiger partial charge < -0.3 is 4.52 Å².